The number of fused-ring (bicyclic) bond motifs is 2. The summed E-state index contributed by atoms with van der Waals surface area (Å²) in [5, 5.41) is 14.3. The van der Waals surface area contributed by atoms with Gasteiger partial charge >= 0.3 is 11.6 Å². The van der Waals surface area contributed by atoms with Crippen LogP contribution < -0.4 is 10.9 Å². The Balaban J connectivity index is 1.52. The van der Waals surface area contributed by atoms with Crippen molar-refractivity contribution in [2.75, 3.05) is 0 Å². The highest BCUT2D eigenvalue weighted by Gasteiger charge is 2.27. The molecule has 1 atom stereocenters. The van der Waals surface area contributed by atoms with Gasteiger partial charge in [-0.1, -0.05) is 25.4 Å². The fourth-order valence-electron chi connectivity index (χ4n) is 4.17. The number of rotatable bonds is 7. The van der Waals surface area contributed by atoms with E-state index in [0.29, 0.717) is 16.5 Å². The monoisotopic (exact) mass is 498 g/mol. The van der Waals surface area contributed by atoms with Gasteiger partial charge < -0.3 is 14.5 Å². The molecule has 1 N–H and O–H groups in total. The van der Waals surface area contributed by atoms with E-state index in [1.807, 2.05) is 12.1 Å². The maximum absolute atomic E-state index is 12.9. The number of carbonyl (C=O) groups is 2. The summed E-state index contributed by atoms with van der Waals surface area (Å²) < 4.78 is 10.8. The van der Waals surface area contributed by atoms with Gasteiger partial charge in [0.2, 0.25) is 0 Å². The first-order chi connectivity index (χ1) is 16.6. The van der Waals surface area contributed by atoms with Crippen LogP contribution in [0.1, 0.15) is 47.3 Å². The lowest BCUT2D eigenvalue weighted by Crippen LogP contribution is -2.45. The summed E-state index contributed by atoms with van der Waals surface area (Å²) in [5.74, 6) is -1.71. The minimum absolute atomic E-state index is 0.0138. The van der Waals surface area contributed by atoms with Gasteiger partial charge in [-0.15, -0.1) is 0 Å². The van der Waals surface area contributed by atoms with Crippen molar-refractivity contribution in [1.29, 1.82) is 0 Å². The fourth-order valence-corrected chi connectivity index (χ4v) is 4.36. The van der Waals surface area contributed by atoms with Gasteiger partial charge in [0, 0.05) is 28.6 Å². The Morgan fingerprint density at radius 2 is 1.89 bits per heavy atom. The molecule has 9 nitrogen and oxygen atoms in total. The summed E-state index contributed by atoms with van der Waals surface area (Å²) in [7, 11) is 0. The van der Waals surface area contributed by atoms with Crippen molar-refractivity contribution in [2.24, 2.45) is 5.92 Å². The Hall–Kier alpha value is -3.72. The molecule has 1 aliphatic carbocycles. The number of amides is 1. The molecule has 1 aromatic heterocycles. The maximum atomic E-state index is 12.9. The third-order valence-corrected chi connectivity index (χ3v) is 6.34. The molecule has 0 spiro atoms. The number of aryl methyl sites for hydroxylation is 2. The highest BCUT2D eigenvalue weighted by atomic mass is 35.5. The summed E-state index contributed by atoms with van der Waals surface area (Å²) in [5.41, 5.74) is 2.33. The Labute approximate surface area is 205 Å². The second kappa shape index (κ2) is 9.87. The minimum atomic E-state index is -1.02. The number of nitro benzene ring substituents is 1. The largest absolute Gasteiger partial charge is 0.459 e. The molecule has 1 heterocycles. The van der Waals surface area contributed by atoms with Gasteiger partial charge in [-0.2, -0.15) is 0 Å². The molecule has 3 aromatic rings. The van der Waals surface area contributed by atoms with Crippen LogP contribution in [-0.4, -0.2) is 22.8 Å². The molecule has 4 rings (SSSR count). The molecule has 1 amide bonds. The van der Waals surface area contributed by atoms with E-state index < -0.39 is 34.2 Å². The van der Waals surface area contributed by atoms with E-state index in [1.165, 1.54) is 23.8 Å². The zero-order chi connectivity index (χ0) is 25.3. The third-order valence-electron chi connectivity index (χ3n) is 6.02. The first-order valence-electron chi connectivity index (χ1n) is 11.1. The first-order valence-corrected chi connectivity index (χ1v) is 11.5. The number of nitrogens with one attached hydrogen (secondary N) is 1. The molecule has 0 unspecified atom stereocenters. The van der Waals surface area contributed by atoms with Crippen molar-refractivity contribution in [3.05, 3.63) is 84.2 Å². The molecule has 182 valence electrons. The quantitative estimate of drug-likeness (QED) is 0.222. The third kappa shape index (κ3) is 5.19. The number of nitrogens with zero attached hydrogens (tertiary/aromatic N) is 1. The van der Waals surface area contributed by atoms with Crippen LogP contribution in [0.15, 0.2) is 45.6 Å². The van der Waals surface area contributed by atoms with Gasteiger partial charge in [-0.3, -0.25) is 14.9 Å². The van der Waals surface area contributed by atoms with Crippen LogP contribution in [-0.2, 0) is 29.0 Å². The molecule has 10 heteroatoms. The predicted octanol–water partition coefficient (Wildman–Crippen LogP) is 4.34. The number of nitro groups is 1. The number of hydrogen-bond acceptors (Lipinski definition) is 7. The van der Waals surface area contributed by atoms with Gasteiger partial charge in [-0.05, 0) is 60.6 Å². The molecule has 35 heavy (non-hydrogen) atoms. The molecule has 1 aliphatic rings. The van der Waals surface area contributed by atoms with E-state index >= 15 is 0 Å². The molecular weight excluding hydrogens is 476 g/mol. The van der Waals surface area contributed by atoms with Gasteiger partial charge in [0.25, 0.3) is 11.6 Å². The summed E-state index contributed by atoms with van der Waals surface area (Å²) in [4.78, 5) is 48.1. The highest BCUT2D eigenvalue weighted by Crippen LogP contribution is 2.29. The molecule has 0 bridgehead atoms. The lowest BCUT2D eigenvalue weighted by atomic mass is 10.0. The van der Waals surface area contributed by atoms with Crippen LogP contribution in [0.4, 0.5) is 5.69 Å². The molecule has 2 aromatic carbocycles. The number of ether oxygens (including phenoxy) is 1. The smallest absolute Gasteiger partial charge is 0.336 e. The zero-order valence-corrected chi connectivity index (χ0v) is 19.9. The molecule has 0 radical (unpaired) electrons. The van der Waals surface area contributed by atoms with Crippen LogP contribution in [0, 0.1) is 16.0 Å². The van der Waals surface area contributed by atoms with Crippen molar-refractivity contribution in [2.45, 2.75) is 45.8 Å². The van der Waals surface area contributed by atoms with E-state index in [2.05, 4.69) is 5.32 Å². The average molecular weight is 499 g/mol. The van der Waals surface area contributed by atoms with E-state index in [-0.39, 0.29) is 23.1 Å². The number of esters is 1. The number of halogens is 1. The summed E-state index contributed by atoms with van der Waals surface area (Å²) in [6.07, 6.45) is 2.90. The molecule has 0 aliphatic heterocycles. The SMILES string of the molecule is CC(C)[C@H](NC(=O)c1ccc(Cl)c([N+](=O)[O-])c1)C(=O)OCc1cc(=O)oc2cc3c(cc12)CCC3. The van der Waals surface area contributed by atoms with E-state index in [1.54, 1.807) is 13.8 Å². The zero-order valence-electron chi connectivity index (χ0n) is 19.1. The van der Waals surface area contributed by atoms with Gasteiger partial charge in [0.05, 0.1) is 4.92 Å². The Bertz CT molecular complexity index is 1400. The van der Waals surface area contributed by atoms with Crippen molar-refractivity contribution in [3.63, 3.8) is 0 Å². The highest BCUT2D eigenvalue weighted by molar-refractivity contribution is 6.32. The topological polar surface area (TPSA) is 129 Å². The van der Waals surface area contributed by atoms with Crippen LogP contribution in [0.5, 0.6) is 0 Å². The van der Waals surface area contributed by atoms with Crippen LogP contribution in [0.25, 0.3) is 11.0 Å². The predicted molar refractivity (Wildman–Crippen MR) is 129 cm³/mol. The number of carbonyl (C=O) groups excluding carboxylic acids is 2. The Morgan fingerprint density at radius 3 is 2.57 bits per heavy atom. The normalized spacial score (nSPS) is 13.5. The van der Waals surface area contributed by atoms with Gasteiger partial charge in [0.1, 0.15) is 23.3 Å². The Morgan fingerprint density at radius 1 is 1.17 bits per heavy atom. The van der Waals surface area contributed by atoms with Gasteiger partial charge in [-0.25, -0.2) is 9.59 Å². The van der Waals surface area contributed by atoms with E-state index in [9.17, 15) is 24.5 Å². The Kier molecular flexibility index (Phi) is 6.88. The molecule has 0 saturated heterocycles. The molecule has 0 fully saturated rings. The standard InChI is InChI=1S/C25H23ClN2O7/c1-13(2)23(27-24(30)16-6-7-19(26)20(9-16)28(32)33)25(31)34-12-17-11-22(29)35-21-10-15-5-3-4-14(15)8-18(17)21/h6-11,13,23H,3-5,12H2,1-2H3,(H,27,30)/t23-/m0/s1. The second-order valence-electron chi connectivity index (χ2n) is 8.79. The van der Waals surface area contributed by atoms with Crippen molar-refractivity contribution in [3.8, 4) is 0 Å². The van der Waals surface area contributed by atoms with Crippen LogP contribution in [0.3, 0.4) is 0 Å². The molecule has 0 saturated carbocycles. The summed E-state index contributed by atoms with van der Waals surface area (Å²) in [6.45, 7) is 3.28. The van der Waals surface area contributed by atoms with Gasteiger partial charge in [0.15, 0.2) is 0 Å². The first kappa shape index (κ1) is 24.4. The van der Waals surface area contributed by atoms with Crippen LogP contribution in [0.2, 0.25) is 5.02 Å². The van der Waals surface area contributed by atoms with E-state index in [0.717, 1.165) is 30.9 Å². The van der Waals surface area contributed by atoms with E-state index in [4.69, 9.17) is 20.8 Å². The summed E-state index contributed by atoms with van der Waals surface area (Å²) >= 11 is 5.81. The maximum Gasteiger partial charge on any atom is 0.336 e. The number of hydrogen-bond donors (Lipinski definition) is 1. The number of benzene rings is 2. The summed E-state index contributed by atoms with van der Waals surface area (Å²) in [6, 6.07) is 7.75. The molecular formula is C25H23ClN2O7. The lowest BCUT2D eigenvalue weighted by Gasteiger charge is -2.21. The fraction of sp³-hybridized carbons (Fsp3) is 0.320. The van der Waals surface area contributed by atoms with Crippen molar-refractivity contribution >= 4 is 40.1 Å². The average Bonchev–Trinajstić information content (AvgIpc) is 3.26. The van der Waals surface area contributed by atoms with Crippen LogP contribution >= 0.6 is 11.6 Å². The van der Waals surface area contributed by atoms with Crippen molar-refractivity contribution in [1.82, 2.24) is 5.32 Å². The lowest BCUT2D eigenvalue weighted by molar-refractivity contribution is -0.384. The second-order valence-corrected chi connectivity index (χ2v) is 9.19. The minimum Gasteiger partial charge on any atom is -0.459 e. The van der Waals surface area contributed by atoms with Crippen molar-refractivity contribution < 1.29 is 23.7 Å².